The lowest BCUT2D eigenvalue weighted by atomic mass is 9.72. The number of amides is 1. The summed E-state index contributed by atoms with van der Waals surface area (Å²) in [6, 6.07) is 0. The number of carboxylic acid groups (broad SMARTS) is 1. The number of hydrogen-bond donors (Lipinski definition) is 1. The molecular formula is C12H18F3NO3. The molecule has 1 fully saturated rings. The molecular weight excluding hydrogens is 263 g/mol. The van der Waals surface area contributed by atoms with E-state index in [9.17, 15) is 27.9 Å². The van der Waals surface area contributed by atoms with Gasteiger partial charge >= 0.3 is 18.1 Å². The van der Waals surface area contributed by atoms with E-state index in [-0.39, 0.29) is 31.8 Å². The van der Waals surface area contributed by atoms with Crippen molar-refractivity contribution in [2.24, 2.45) is 11.3 Å². The number of nitrogens with zero attached hydrogens (tertiary/aromatic N) is 1. The Morgan fingerprint density at radius 2 is 1.74 bits per heavy atom. The van der Waals surface area contributed by atoms with Gasteiger partial charge in [-0.3, -0.25) is 9.59 Å². The molecule has 0 atom stereocenters. The molecule has 4 nitrogen and oxygen atoms in total. The van der Waals surface area contributed by atoms with Gasteiger partial charge in [0.1, 0.15) is 0 Å². The SMILES string of the molecule is CC(C)CC1(C(=O)O)CCN(C(=O)C(F)(F)F)CC1. The van der Waals surface area contributed by atoms with Crippen LogP contribution in [0.25, 0.3) is 0 Å². The first-order valence-corrected chi connectivity index (χ1v) is 6.18. The van der Waals surface area contributed by atoms with E-state index in [4.69, 9.17) is 0 Å². The first-order chi connectivity index (χ1) is 8.58. The monoisotopic (exact) mass is 281 g/mol. The molecule has 0 aromatic rings. The van der Waals surface area contributed by atoms with Gasteiger partial charge in [-0.25, -0.2) is 0 Å². The lowest BCUT2D eigenvalue weighted by molar-refractivity contribution is -0.188. The van der Waals surface area contributed by atoms with Gasteiger partial charge in [0.2, 0.25) is 0 Å². The normalized spacial score (nSPS) is 19.6. The second kappa shape index (κ2) is 5.38. The summed E-state index contributed by atoms with van der Waals surface area (Å²) in [5.74, 6) is -2.72. The third-order valence-corrected chi connectivity index (χ3v) is 3.50. The van der Waals surface area contributed by atoms with Crippen LogP contribution in [-0.2, 0) is 9.59 Å². The molecule has 0 aliphatic carbocycles. The van der Waals surface area contributed by atoms with Crippen molar-refractivity contribution in [1.29, 1.82) is 0 Å². The molecule has 0 aromatic carbocycles. The van der Waals surface area contributed by atoms with Gasteiger partial charge in [-0.15, -0.1) is 0 Å². The highest BCUT2D eigenvalue weighted by Crippen LogP contribution is 2.38. The zero-order valence-corrected chi connectivity index (χ0v) is 11.0. The predicted octanol–water partition coefficient (Wildman–Crippen LogP) is 2.29. The zero-order valence-electron chi connectivity index (χ0n) is 11.0. The van der Waals surface area contributed by atoms with Crippen LogP contribution in [0.15, 0.2) is 0 Å². The molecule has 1 aliphatic heterocycles. The average Bonchev–Trinajstić information content (AvgIpc) is 2.26. The number of alkyl halides is 3. The first-order valence-electron chi connectivity index (χ1n) is 6.18. The van der Waals surface area contributed by atoms with E-state index in [1.54, 1.807) is 0 Å². The van der Waals surface area contributed by atoms with Crippen LogP contribution < -0.4 is 0 Å². The van der Waals surface area contributed by atoms with Gasteiger partial charge in [0.05, 0.1) is 5.41 Å². The summed E-state index contributed by atoms with van der Waals surface area (Å²) < 4.78 is 36.9. The van der Waals surface area contributed by atoms with Gasteiger partial charge in [-0.1, -0.05) is 13.8 Å². The lowest BCUT2D eigenvalue weighted by Gasteiger charge is -2.39. The number of hydrogen-bond acceptors (Lipinski definition) is 2. The molecule has 19 heavy (non-hydrogen) atoms. The molecule has 1 N–H and O–H groups in total. The Hall–Kier alpha value is -1.27. The molecule has 1 heterocycles. The van der Waals surface area contributed by atoms with Gasteiger partial charge in [-0.05, 0) is 25.2 Å². The molecule has 0 bridgehead atoms. The third-order valence-electron chi connectivity index (χ3n) is 3.50. The van der Waals surface area contributed by atoms with Gasteiger partial charge < -0.3 is 10.0 Å². The fraction of sp³-hybridized carbons (Fsp3) is 0.833. The minimum Gasteiger partial charge on any atom is -0.481 e. The van der Waals surface area contributed by atoms with E-state index in [0.717, 1.165) is 0 Å². The molecule has 1 amide bonds. The fourth-order valence-electron chi connectivity index (χ4n) is 2.60. The highest BCUT2D eigenvalue weighted by molar-refractivity contribution is 5.82. The standard InChI is InChI=1S/C12H18F3NO3/c1-8(2)7-11(10(18)19)3-5-16(6-4-11)9(17)12(13,14)15/h8H,3-7H2,1-2H3,(H,18,19). The van der Waals surface area contributed by atoms with Crippen LogP contribution in [0.1, 0.15) is 33.1 Å². The van der Waals surface area contributed by atoms with Crippen molar-refractivity contribution in [2.75, 3.05) is 13.1 Å². The summed E-state index contributed by atoms with van der Waals surface area (Å²) >= 11 is 0. The van der Waals surface area contributed by atoms with Crippen LogP contribution in [0, 0.1) is 11.3 Å². The smallest absolute Gasteiger partial charge is 0.471 e. The molecule has 110 valence electrons. The van der Waals surface area contributed by atoms with Crippen molar-refractivity contribution in [3.05, 3.63) is 0 Å². The summed E-state index contributed by atoms with van der Waals surface area (Å²) in [5.41, 5.74) is -1.00. The molecule has 0 unspecified atom stereocenters. The third kappa shape index (κ3) is 3.61. The lowest BCUT2D eigenvalue weighted by Crippen LogP contribution is -2.50. The second-order valence-corrected chi connectivity index (χ2v) is 5.47. The van der Waals surface area contributed by atoms with E-state index < -0.39 is 23.5 Å². The Labute approximate surface area is 109 Å². The molecule has 0 aromatic heterocycles. The fourth-order valence-corrected chi connectivity index (χ4v) is 2.60. The van der Waals surface area contributed by atoms with E-state index in [1.165, 1.54) is 0 Å². The molecule has 0 saturated carbocycles. The number of carboxylic acids is 1. The first kappa shape index (κ1) is 15.8. The van der Waals surface area contributed by atoms with Crippen LogP contribution in [0.4, 0.5) is 13.2 Å². The predicted molar refractivity (Wildman–Crippen MR) is 61.4 cm³/mol. The van der Waals surface area contributed by atoms with Crippen LogP contribution in [-0.4, -0.2) is 41.1 Å². The van der Waals surface area contributed by atoms with Gasteiger partial charge in [0.15, 0.2) is 0 Å². The summed E-state index contributed by atoms with van der Waals surface area (Å²) in [4.78, 5) is 23.1. The van der Waals surface area contributed by atoms with Crippen LogP contribution >= 0.6 is 0 Å². The molecule has 1 saturated heterocycles. The number of aliphatic carboxylic acids is 1. The van der Waals surface area contributed by atoms with Crippen LogP contribution in [0.5, 0.6) is 0 Å². The largest absolute Gasteiger partial charge is 0.481 e. The van der Waals surface area contributed by atoms with Gasteiger partial charge in [0, 0.05) is 13.1 Å². The van der Waals surface area contributed by atoms with Crippen molar-refractivity contribution in [3.63, 3.8) is 0 Å². The zero-order chi connectivity index (χ0) is 14.8. The van der Waals surface area contributed by atoms with Crippen LogP contribution in [0.3, 0.4) is 0 Å². The summed E-state index contributed by atoms with van der Waals surface area (Å²) in [5, 5.41) is 9.30. The summed E-state index contributed by atoms with van der Waals surface area (Å²) in [7, 11) is 0. The van der Waals surface area contributed by atoms with Crippen molar-refractivity contribution < 1.29 is 27.9 Å². The summed E-state index contributed by atoms with van der Waals surface area (Å²) in [6.45, 7) is 3.44. The number of carbonyl (C=O) groups excluding carboxylic acids is 1. The Morgan fingerprint density at radius 1 is 1.26 bits per heavy atom. The number of halogens is 3. The quantitative estimate of drug-likeness (QED) is 0.863. The topological polar surface area (TPSA) is 57.6 Å². The molecule has 7 heteroatoms. The molecule has 1 aliphatic rings. The minimum absolute atomic E-state index is 0.0718. The van der Waals surface area contributed by atoms with E-state index in [0.29, 0.717) is 11.3 Å². The second-order valence-electron chi connectivity index (χ2n) is 5.47. The van der Waals surface area contributed by atoms with Crippen molar-refractivity contribution in [2.45, 2.75) is 39.3 Å². The Kier molecular flexibility index (Phi) is 4.47. The molecule has 0 radical (unpaired) electrons. The van der Waals surface area contributed by atoms with E-state index in [2.05, 4.69) is 0 Å². The number of piperidine rings is 1. The highest BCUT2D eigenvalue weighted by atomic mass is 19.4. The average molecular weight is 281 g/mol. The van der Waals surface area contributed by atoms with Gasteiger partial charge in [-0.2, -0.15) is 13.2 Å². The summed E-state index contributed by atoms with van der Waals surface area (Å²) in [6.07, 6.45) is -4.33. The van der Waals surface area contributed by atoms with E-state index in [1.807, 2.05) is 13.8 Å². The maximum Gasteiger partial charge on any atom is 0.471 e. The van der Waals surface area contributed by atoms with Crippen molar-refractivity contribution >= 4 is 11.9 Å². The Morgan fingerprint density at radius 3 is 2.05 bits per heavy atom. The van der Waals surface area contributed by atoms with Crippen LogP contribution in [0.2, 0.25) is 0 Å². The maximum absolute atomic E-state index is 12.3. The maximum atomic E-state index is 12.3. The van der Waals surface area contributed by atoms with Crippen molar-refractivity contribution in [3.8, 4) is 0 Å². The molecule has 0 spiro atoms. The van der Waals surface area contributed by atoms with Crippen molar-refractivity contribution in [1.82, 2.24) is 4.90 Å². The highest BCUT2D eigenvalue weighted by Gasteiger charge is 2.48. The number of rotatable bonds is 3. The number of likely N-dealkylation sites (tertiary alicyclic amines) is 1. The Balaban J connectivity index is 2.74. The number of carbonyl (C=O) groups is 2. The minimum atomic E-state index is -4.89. The Bertz CT molecular complexity index is 358. The molecule has 1 rings (SSSR count). The van der Waals surface area contributed by atoms with Gasteiger partial charge in [0.25, 0.3) is 0 Å². The van der Waals surface area contributed by atoms with E-state index >= 15 is 0 Å².